The number of amides is 1. The molecule has 1 aromatic carbocycles. The first-order chi connectivity index (χ1) is 9.08. The zero-order chi connectivity index (χ0) is 13.8. The Morgan fingerprint density at radius 2 is 2.16 bits per heavy atom. The largest absolute Gasteiger partial charge is 0.336 e. The molecular formula is C14H19ClN2OS. The topological polar surface area (TPSA) is 32.3 Å². The number of thioether (sulfide) groups is 1. The number of piperazine rings is 1. The number of rotatable bonds is 3. The van der Waals surface area contributed by atoms with E-state index in [-0.39, 0.29) is 17.2 Å². The van der Waals surface area contributed by atoms with Crippen LogP contribution in [0.15, 0.2) is 29.2 Å². The van der Waals surface area contributed by atoms with E-state index < -0.39 is 0 Å². The molecule has 1 aliphatic heterocycles. The molecular weight excluding hydrogens is 280 g/mol. The molecule has 1 aromatic rings. The van der Waals surface area contributed by atoms with Gasteiger partial charge in [-0.05, 0) is 38.1 Å². The lowest BCUT2D eigenvalue weighted by Crippen LogP contribution is -2.54. The quantitative estimate of drug-likeness (QED) is 0.871. The van der Waals surface area contributed by atoms with Crippen molar-refractivity contribution in [2.24, 2.45) is 0 Å². The van der Waals surface area contributed by atoms with Crippen molar-refractivity contribution in [1.29, 1.82) is 0 Å². The highest BCUT2D eigenvalue weighted by molar-refractivity contribution is 8.00. The van der Waals surface area contributed by atoms with Crippen LogP contribution in [0.5, 0.6) is 0 Å². The van der Waals surface area contributed by atoms with Gasteiger partial charge in [0, 0.05) is 35.6 Å². The highest BCUT2D eigenvalue weighted by Gasteiger charge is 2.27. The molecule has 1 N–H and O–H groups in total. The van der Waals surface area contributed by atoms with Crippen LogP contribution < -0.4 is 5.32 Å². The lowest BCUT2D eigenvalue weighted by molar-refractivity contribution is -0.133. The molecule has 5 heteroatoms. The number of carbonyl (C=O) groups is 1. The summed E-state index contributed by atoms with van der Waals surface area (Å²) in [6, 6.07) is 7.90. The summed E-state index contributed by atoms with van der Waals surface area (Å²) in [6.45, 7) is 6.62. The summed E-state index contributed by atoms with van der Waals surface area (Å²) >= 11 is 7.45. The van der Waals surface area contributed by atoms with Crippen molar-refractivity contribution in [3.8, 4) is 0 Å². The van der Waals surface area contributed by atoms with Crippen molar-refractivity contribution in [2.75, 3.05) is 19.6 Å². The summed E-state index contributed by atoms with van der Waals surface area (Å²) in [5.74, 6) is 0.217. The molecule has 19 heavy (non-hydrogen) atoms. The van der Waals surface area contributed by atoms with Crippen molar-refractivity contribution < 1.29 is 4.79 Å². The minimum Gasteiger partial charge on any atom is -0.336 e. The van der Waals surface area contributed by atoms with Crippen LogP contribution in [0.4, 0.5) is 0 Å². The number of hydrogen-bond donors (Lipinski definition) is 1. The number of carbonyl (C=O) groups excluding carboxylic acids is 1. The molecule has 2 atom stereocenters. The molecule has 1 heterocycles. The minimum absolute atomic E-state index is 0.0678. The summed E-state index contributed by atoms with van der Waals surface area (Å²) < 4.78 is 0. The van der Waals surface area contributed by atoms with E-state index in [4.69, 9.17) is 11.6 Å². The molecule has 1 fully saturated rings. The van der Waals surface area contributed by atoms with Gasteiger partial charge in [0.1, 0.15) is 0 Å². The van der Waals surface area contributed by atoms with Crippen molar-refractivity contribution >= 4 is 29.3 Å². The SMILES string of the molecule is CC(Sc1ccc(Cl)cc1)C(=O)N1CCNC[C@@H]1C. The third-order valence-corrected chi connectivity index (χ3v) is 4.61. The van der Waals surface area contributed by atoms with Crippen LogP contribution in [-0.4, -0.2) is 41.7 Å². The lowest BCUT2D eigenvalue weighted by Gasteiger charge is -2.35. The Morgan fingerprint density at radius 1 is 1.47 bits per heavy atom. The Labute approximate surface area is 123 Å². The molecule has 0 aromatic heterocycles. The van der Waals surface area contributed by atoms with Gasteiger partial charge in [-0.15, -0.1) is 11.8 Å². The van der Waals surface area contributed by atoms with Gasteiger partial charge in [-0.3, -0.25) is 4.79 Å². The fourth-order valence-electron chi connectivity index (χ4n) is 2.17. The average molecular weight is 299 g/mol. The predicted octanol–water partition coefficient (Wildman–Crippen LogP) is 2.64. The number of nitrogens with zero attached hydrogens (tertiary/aromatic N) is 1. The third kappa shape index (κ3) is 3.88. The molecule has 2 rings (SSSR count). The van der Waals surface area contributed by atoms with E-state index >= 15 is 0 Å². The molecule has 3 nitrogen and oxygen atoms in total. The molecule has 0 aliphatic carbocycles. The van der Waals surface area contributed by atoms with Crippen LogP contribution in [0, 0.1) is 0 Å². The second-order valence-electron chi connectivity index (χ2n) is 4.80. The first-order valence-electron chi connectivity index (χ1n) is 6.51. The van der Waals surface area contributed by atoms with Crippen molar-refractivity contribution in [3.05, 3.63) is 29.3 Å². The maximum Gasteiger partial charge on any atom is 0.236 e. The predicted molar refractivity (Wildman–Crippen MR) is 80.8 cm³/mol. The molecule has 1 saturated heterocycles. The Hall–Kier alpha value is -0.710. The summed E-state index contributed by atoms with van der Waals surface area (Å²) in [7, 11) is 0. The molecule has 1 amide bonds. The fourth-order valence-corrected chi connectivity index (χ4v) is 3.23. The molecule has 0 bridgehead atoms. The highest BCUT2D eigenvalue weighted by atomic mass is 35.5. The first-order valence-corrected chi connectivity index (χ1v) is 7.77. The number of halogens is 1. The summed E-state index contributed by atoms with van der Waals surface area (Å²) in [6.07, 6.45) is 0. The minimum atomic E-state index is -0.0678. The molecule has 1 aliphatic rings. The van der Waals surface area contributed by atoms with Gasteiger partial charge in [0.2, 0.25) is 5.91 Å². The van der Waals surface area contributed by atoms with Gasteiger partial charge in [0.15, 0.2) is 0 Å². The van der Waals surface area contributed by atoms with Gasteiger partial charge in [0.25, 0.3) is 0 Å². The molecule has 1 unspecified atom stereocenters. The summed E-state index contributed by atoms with van der Waals surface area (Å²) in [5, 5.41) is 3.95. The second-order valence-corrected chi connectivity index (χ2v) is 6.65. The van der Waals surface area contributed by atoms with Crippen LogP contribution in [-0.2, 0) is 4.79 Å². The first kappa shape index (κ1) is 14.7. The molecule has 104 valence electrons. The van der Waals surface area contributed by atoms with E-state index in [2.05, 4.69) is 12.2 Å². The lowest BCUT2D eigenvalue weighted by atomic mass is 10.2. The number of nitrogens with one attached hydrogen (secondary N) is 1. The van der Waals surface area contributed by atoms with Crippen molar-refractivity contribution in [1.82, 2.24) is 10.2 Å². The van der Waals surface area contributed by atoms with Crippen LogP contribution in [0.3, 0.4) is 0 Å². The summed E-state index contributed by atoms with van der Waals surface area (Å²) in [5.41, 5.74) is 0. The normalized spacial score (nSPS) is 21.2. The molecule has 0 spiro atoms. The summed E-state index contributed by atoms with van der Waals surface area (Å²) in [4.78, 5) is 15.5. The highest BCUT2D eigenvalue weighted by Crippen LogP contribution is 2.26. The Kier molecular flexibility index (Phi) is 5.13. The zero-order valence-electron chi connectivity index (χ0n) is 11.2. The molecule has 0 saturated carbocycles. The van der Waals surface area contributed by atoms with Gasteiger partial charge in [0.05, 0.1) is 5.25 Å². The van der Waals surface area contributed by atoms with Crippen LogP contribution in [0.2, 0.25) is 5.02 Å². The van der Waals surface area contributed by atoms with Crippen molar-refractivity contribution in [2.45, 2.75) is 30.0 Å². The van der Waals surface area contributed by atoms with Gasteiger partial charge >= 0.3 is 0 Å². The van der Waals surface area contributed by atoms with Crippen LogP contribution in [0.1, 0.15) is 13.8 Å². The van der Waals surface area contributed by atoms with E-state index in [0.717, 1.165) is 29.6 Å². The van der Waals surface area contributed by atoms with Gasteiger partial charge in [-0.25, -0.2) is 0 Å². The Balaban J connectivity index is 1.96. The van der Waals surface area contributed by atoms with Gasteiger partial charge < -0.3 is 10.2 Å². The maximum absolute atomic E-state index is 12.4. The Morgan fingerprint density at radius 3 is 2.79 bits per heavy atom. The third-order valence-electron chi connectivity index (χ3n) is 3.26. The average Bonchev–Trinajstić information content (AvgIpc) is 2.41. The standard InChI is InChI=1S/C14H19ClN2OS/c1-10-9-16-7-8-17(10)14(18)11(2)19-13-5-3-12(15)4-6-13/h3-6,10-11,16H,7-9H2,1-2H3/t10-,11?/m0/s1. The van der Waals surface area contributed by atoms with Crippen LogP contribution in [0.25, 0.3) is 0 Å². The smallest absolute Gasteiger partial charge is 0.236 e. The van der Waals surface area contributed by atoms with E-state index in [1.165, 1.54) is 0 Å². The zero-order valence-corrected chi connectivity index (χ0v) is 12.8. The number of hydrogen-bond acceptors (Lipinski definition) is 3. The van der Waals surface area contributed by atoms with E-state index in [1.807, 2.05) is 36.1 Å². The number of benzene rings is 1. The van der Waals surface area contributed by atoms with E-state index in [9.17, 15) is 4.79 Å². The van der Waals surface area contributed by atoms with Crippen LogP contribution >= 0.6 is 23.4 Å². The monoisotopic (exact) mass is 298 g/mol. The Bertz CT molecular complexity index is 438. The van der Waals surface area contributed by atoms with E-state index in [1.54, 1.807) is 11.8 Å². The van der Waals surface area contributed by atoms with Gasteiger partial charge in [-0.2, -0.15) is 0 Å². The maximum atomic E-state index is 12.4. The van der Waals surface area contributed by atoms with Gasteiger partial charge in [-0.1, -0.05) is 11.6 Å². The fraction of sp³-hybridized carbons (Fsp3) is 0.500. The van der Waals surface area contributed by atoms with Crippen molar-refractivity contribution in [3.63, 3.8) is 0 Å². The second kappa shape index (κ2) is 6.64. The van der Waals surface area contributed by atoms with E-state index in [0.29, 0.717) is 0 Å². The molecule has 0 radical (unpaired) electrons.